The van der Waals surface area contributed by atoms with Gasteiger partial charge in [-0.1, -0.05) is 57.1 Å². The summed E-state index contributed by atoms with van der Waals surface area (Å²) < 4.78 is 28.0. The molecule has 222 valence electrons. The summed E-state index contributed by atoms with van der Waals surface area (Å²) in [5, 5.41) is 8.57. The SMILES string of the molecule is C=Ic1ccc(N=Nc2ccc(OCC(COc3ccc([NH2+]Nc4ccc(I=C)cc4)cc3)OC(=O)C(=C)C)cc2)cc1. The Labute approximate surface area is 271 Å². The summed E-state index contributed by atoms with van der Waals surface area (Å²) in [5.74, 6) is 0.753. The standard InChI is InChI=1S/C33H32I2N4O4/c1-23(2)33(40)43-32(21-41-30-17-13-28(14-18-30)38-36-26-9-5-24(34-3)6-10-26)22-42-31-19-15-29(16-20-31)39-37-27-11-7-25(35-4)8-12-27/h5-20,32,36,38H,1,3-4,21-22H2,2H3/p+1. The molecule has 1 unspecified atom stereocenters. The van der Waals surface area contributed by atoms with E-state index in [1.165, 1.54) is 7.14 Å². The minimum absolute atomic E-state index is 0.103. The molecule has 8 nitrogen and oxygen atoms in total. The van der Waals surface area contributed by atoms with Crippen LogP contribution in [0, 0.1) is 7.14 Å². The van der Waals surface area contributed by atoms with Crippen molar-refractivity contribution in [2.24, 2.45) is 10.2 Å². The number of hydrogen-bond donors (Lipinski definition) is 2. The quantitative estimate of drug-likeness (QED) is 0.0248. The molecule has 4 rings (SSSR count). The molecule has 0 saturated heterocycles. The van der Waals surface area contributed by atoms with Gasteiger partial charge < -0.3 is 14.2 Å². The molecule has 0 fully saturated rings. The van der Waals surface area contributed by atoms with E-state index in [0.717, 1.165) is 17.1 Å². The summed E-state index contributed by atoms with van der Waals surface area (Å²) in [7, 11) is 0. The van der Waals surface area contributed by atoms with Gasteiger partial charge in [0, 0.05) is 24.8 Å². The highest BCUT2D eigenvalue weighted by Gasteiger charge is 2.17. The molecule has 0 radical (unpaired) electrons. The number of nitrogens with zero attached hydrogens (tertiary/aromatic N) is 2. The Hall–Kier alpha value is -3.75. The molecule has 0 heterocycles. The number of quaternary nitrogens is 1. The zero-order valence-corrected chi connectivity index (χ0v) is 28.0. The van der Waals surface area contributed by atoms with Gasteiger partial charge in [0.25, 0.3) is 0 Å². The van der Waals surface area contributed by atoms with E-state index < -0.39 is 12.1 Å². The third kappa shape index (κ3) is 10.8. The van der Waals surface area contributed by atoms with Crippen molar-refractivity contribution >= 4 is 79.2 Å². The fourth-order valence-corrected chi connectivity index (χ4v) is 5.27. The molecule has 3 N–H and O–H groups in total. The van der Waals surface area contributed by atoms with Crippen molar-refractivity contribution < 1.29 is 24.4 Å². The van der Waals surface area contributed by atoms with E-state index in [4.69, 9.17) is 14.2 Å². The number of esters is 1. The molecule has 0 aliphatic heterocycles. The van der Waals surface area contributed by atoms with Crippen LogP contribution in [0.2, 0.25) is 0 Å². The number of nitrogens with one attached hydrogen (secondary N) is 1. The number of azo groups is 1. The summed E-state index contributed by atoms with van der Waals surface area (Å²) >= 11 is -0.339. The van der Waals surface area contributed by atoms with E-state index >= 15 is 0 Å². The van der Waals surface area contributed by atoms with Crippen molar-refractivity contribution in [1.82, 2.24) is 0 Å². The molecule has 0 amide bonds. The Balaban J connectivity index is 1.29. The van der Waals surface area contributed by atoms with Crippen LogP contribution in [0.3, 0.4) is 0 Å². The Morgan fingerprint density at radius 1 is 0.767 bits per heavy atom. The van der Waals surface area contributed by atoms with Crippen molar-refractivity contribution in [3.63, 3.8) is 0 Å². The van der Waals surface area contributed by atoms with Crippen LogP contribution in [0.5, 0.6) is 11.5 Å². The van der Waals surface area contributed by atoms with Crippen molar-refractivity contribution in [1.29, 1.82) is 0 Å². The lowest BCUT2D eigenvalue weighted by molar-refractivity contribution is -0.538. The molecule has 1 atom stereocenters. The van der Waals surface area contributed by atoms with E-state index in [9.17, 15) is 4.79 Å². The number of carbonyl (C=O) groups is 1. The van der Waals surface area contributed by atoms with Crippen molar-refractivity contribution in [2.75, 3.05) is 18.6 Å². The Bertz CT molecular complexity index is 1560. The van der Waals surface area contributed by atoms with Crippen molar-refractivity contribution in [2.45, 2.75) is 13.0 Å². The van der Waals surface area contributed by atoms with Crippen LogP contribution in [0.25, 0.3) is 0 Å². The van der Waals surface area contributed by atoms with Gasteiger partial charge in [-0.25, -0.2) is 15.6 Å². The Kier molecular flexibility index (Phi) is 12.5. The van der Waals surface area contributed by atoms with Gasteiger partial charge in [-0.2, -0.15) is 10.2 Å². The minimum Gasteiger partial charge on any atom is -0.490 e. The number of halogens is 2. The lowest BCUT2D eigenvalue weighted by atomic mass is 10.3. The molecule has 4 aromatic rings. The molecule has 0 aromatic heterocycles. The zero-order valence-electron chi connectivity index (χ0n) is 23.7. The summed E-state index contributed by atoms with van der Waals surface area (Å²) in [4.78, 5) is 12.2. The van der Waals surface area contributed by atoms with Crippen LogP contribution in [-0.4, -0.2) is 34.3 Å². The smallest absolute Gasteiger partial charge is 0.333 e. The van der Waals surface area contributed by atoms with Crippen LogP contribution in [0.4, 0.5) is 22.7 Å². The Morgan fingerprint density at radius 2 is 1.23 bits per heavy atom. The monoisotopic (exact) mass is 803 g/mol. The summed E-state index contributed by atoms with van der Waals surface area (Å²) in [5.41, 5.74) is 9.01. The van der Waals surface area contributed by atoms with Gasteiger partial charge >= 0.3 is 5.97 Å². The second-order valence-corrected chi connectivity index (χ2v) is 13.2. The third-order valence-corrected chi connectivity index (χ3v) is 9.08. The highest BCUT2D eigenvalue weighted by molar-refractivity contribution is 14.2. The van der Waals surface area contributed by atoms with Crippen molar-refractivity contribution in [3.8, 4) is 11.5 Å². The lowest BCUT2D eigenvalue weighted by Gasteiger charge is -2.19. The van der Waals surface area contributed by atoms with E-state index in [1.54, 1.807) is 19.1 Å². The maximum absolute atomic E-state index is 12.2. The maximum Gasteiger partial charge on any atom is 0.333 e. The molecule has 0 aliphatic carbocycles. The van der Waals surface area contributed by atoms with Crippen LogP contribution in [-0.2, 0) is 9.53 Å². The lowest BCUT2D eigenvalue weighted by Crippen LogP contribution is -2.82. The largest absolute Gasteiger partial charge is 0.490 e. The summed E-state index contributed by atoms with van der Waals surface area (Å²) in [6.07, 6.45) is -0.649. The summed E-state index contributed by atoms with van der Waals surface area (Å²) in [6, 6.07) is 31.1. The topological polar surface area (TPSA) is 98.1 Å². The van der Waals surface area contributed by atoms with Crippen LogP contribution < -0.4 is 20.3 Å². The minimum atomic E-state index is -0.649. The predicted molar refractivity (Wildman–Crippen MR) is 191 cm³/mol. The molecular formula is C33H33I2N4O4+. The molecular weight excluding hydrogens is 770 g/mol. The molecule has 0 saturated carbocycles. The Morgan fingerprint density at radius 3 is 1.72 bits per heavy atom. The van der Waals surface area contributed by atoms with Crippen LogP contribution in [0.15, 0.2) is 119 Å². The first-order valence-corrected chi connectivity index (χ1v) is 18.4. The van der Waals surface area contributed by atoms with Gasteiger partial charge in [0.2, 0.25) is 0 Å². The predicted octanol–water partition coefficient (Wildman–Crippen LogP) is 7.41. The number of hydrogen-bond acceptors (Lipinski definition) is 7. The molecule has 0 bridgehead atoms. The average Bonchev–Trinajstić information content (AvgIpc) is 3.05. The van der Waals surface area contributed by atoms with E-state index in [-0.39, 0.29) is 54.7 Å². The van der Waals surface area contributed by atoms with Gasteiger partial charge in [-0.15, -0.1) is 0 Å². The van der Waals surface area contributed by atoms with Crippen LogP contribution >= 0.6 is 41.5 Å². The van der Waals surface area contributed by atoms with E-state index in [0.29, 0.717) is 22.8 Å². The van der Waals surface area contributed by atoms with Crippen LogP contribution in [0.1, 0.15) is 6.92 Å². The first kappa shape index (κ1) is 32.2. The van der Waals surface area contributed by atoms with Crippen molar-refractivity contribution in [3.05, 3.63) is 116 Å². The molecule has 0 aliphatic rings. The fourth-order valence-electron chi connectivity index (χ4n) is 3.53. The number of nitrogens with two attached hydrogens (primary N) is 1. The number of rotatable bonds is 15. The number of carbonyl (C=O) groups excluding carboxylic acids is 1. The second kappa shape index (κ2) is 16.8. The second-order valence-electron chi connectivity index (χ2n) is 9.23. The van der Waals surface area contributed by atoms with E-state index in [2.05, 4.69) is 55.5 Å². The van der Waals surface area contributed by atoms with Gasteiger partial charge in [-0.05, 0) is 91.9 Å². The van der Waals surface area contributed by atoms with Gasteiger partial charge in [-0.3, -0.25) is 0 Å². The van der Waals surface area contributed by atoms with Gasteiger partial charge in [0.05, 0.1) is 17.1 Å². The number of benzene rings is 4. The average molecular weight is 803 g/mol. The maximum atomic E-state index is 12.2. The summed E-state index contributed by atoms with van der Waals surface area (Å²) in [6.45, 7) is 5.49. The third-order valence-electron chi connectivity index (χ3n) is 5.88. The molecule has 43 heavy (non-hydrogen) atoms. The first-order valence-electron chi connectivity index (χ1n) is 13.2. The highest BCUT2D eigenvalue weighted by atomic mass is 127. The number of anilines is 1. The molecule has 4 aromatic carbocycles. The normalized spacial score (nSPS) is 11.6. The fraction of sp³-hybridized carbons (Fsp3) is 0.121. The number of ether oxygens (including phenoxy) is 3. The van der Waals surface area contributed by atoms with Gasteiger partial charge in [0.15, 0.2) is 11.8 Å². The van der Waals surface area contributed by atoms with E-state index in [1.807, 2.05) is 66.1 Å². The first-order chi connectivity index (χ1) is 20.9. The molecule has 0 spiro atoms. The molecule has 10 heteroatoms. The highest BCUT2D eigenvalue weighted by Crippen LogP contribution is 2.23. The van der Waals surface area contributed by atoms with Gasteiger partial charge in [0.1, 0.15) is 24.7 Å². The zero-order chi connectivity index (χ0) is 30.4. The number of nitrogen functional groups attached to an aromatic ring is 1.